The number of carbonyl (C=O) groups is 3. The van der Waals surface area contributed by atoms with Crippen LogP contribution < -0.4 is 5.32 Å². The zero-order valence-electron chi connectivity index (χ0n) is 12.7. The second-order valence-corrected chi connectivity index (χ2v) is 6.79. The van der Waals surface area contributed by atoms with Crippen LogP contribution >= 0.6 is 11.3 Å². The average Bonchev–Trinajstić information content (AvgIpc) is 3.13. The van der Waals surface area contributed by atoms with E-state index in [0.29, 0.717) is 17.8 Å². The Morgan fingerprint density at radius 2 is 2.18 bits per heavy atom. The Labute approximate surface area is 133 Å². The van der Waals surface area contributed by atoms with Gasteiger partial charge in [0.15, 0.2) is 0 Å². The molecule has 7 heteroatoms. The molecule has 1 aliphatic heterocycles. The van der Waals surface area contributed by atoms with Crippen LogP contribution in [-0.4, -0.2) is 47.4 Å². The molecule has 2 rings (SSSR count). The molecular weight excluding hydrogens is 304 g/mol. The summed E-state index contributed by atoms with van der Waals surface area (Å²) in [6, 6.07) is 3.46. The van der Waals surface area contributed by atoms with Crippen molar-refractivity contribution in [2.24, 2.45) is 11.3 Å². The highest BCUT2D eigenvalue weighted by Crippen LogP contribution is 2.38. The number of hydrogen-bond donors (Lipinski definition) is 2. The van der Waals surface area contributed by atoms with Crippen molar-refractivity contribution in [3.8, 4) is 0 Å². The summed E-state index contributed by atoms with van der Waals surface area (Å²) in [7, 11) is 0. The van der Waals surface area contributed by atoms with Gasteiger partial charge in [0.05, 0.1) is 16.8 Å². The van der Waals surface area contributed by atoms with Crippen molar-refractivity contribution in [3.63, 3.8) is 0 Å². The lowest BCUT2D eigenvalue weighted by atomic mass is 9.76. The van der Waals surface area contributed by atoms with Gasteiger partial charge < -0.3 is 15.3 Å². The van der Waals surface area contributed by atoms with Gasteiger partial charge in [0.25, 0.3) is 5.91 Å². The number of likely N-dealkylation sites (tertiary alicyclic amines) is 1. The summed E-state index contributed by atoms with van der Waals surface area (Å²) in [6.45, 7) is 4.23. The summed E-state index contributed by atoms with van der Waals surface area (Å²) in [5.74, 6) is -1.44. The Hall–Kier alpha value is -1.89. The van der Waals surface area contributed by atoms with Gasteiger partial charge in [-0.1, -0.05) is 19.9 Å². The first-order chi connectivity index (χ1) is 10.4. The summed E-state index contributed by atoms with van der Waals surface area (Å²) < 4.78 is 0. The van der Waals surface area contributed by atoms with E-state index in [0.717, 1.165) is 0 Å². The molecule has 6 nitrogen and oxygen atoms in total. The lowest BCUT2D eigenvalue weighted by Gasteiger charge is -2.28. The first kappa shape index (κ1) is 16.5. The Kier molecular flexibility index (Phi) is 4.85. The van der Waals surface area contributed by atoms with Crippen LogP contribution in [0.25, 0.3) is 0 Å². The molecular formula is C15H20N2O4S. The van der Waals surface area contributed by atoms with Gasteiger partial charge >= 0.3 is 5.97 Å². The number of hydrogen-bond acceptors (Lipinski definition) is 4. The van der Waals surface area contributed by atoms with E-state index >= 15 is 0 Å². The third kappa shape index (κ3) is 3.14. The van der Waals surface area contributed by atoms with Crippen molar-refractivity contribution >= 4 is 29.1 Å². The van der Waals surface area contributed by atoms with Gasteiger partial charge in [0.2, 0.25) is 5.91 Å². The number of rotatable bonds is 5. The number of carboxylic acids is 1. The number of nitrogens with zero attached hydrogens (tertiary/aromatic N) is 1. The first-order valence-corrected chi connectivity index (χ1v) is 8.07. The van der Waals surface area contributed by atoms with Crippen LogP contribution in [0.2, 0.25) is 0 Å². The van der Waals surface area contributed by atoms with Crippen molar-refractivity contribution in [1.82, 2.24) is 10.2 Å². The van der Waals surface area contributed by atoms with Crippen LogP contribution in [0.1, 0.15) is 29.9 Å². The summed E-state index contributed by atoms with van der Waals surface area (Å²) in [6.07, 6.45) is 0.449. The van der Waals surface area contributed by atoms with Crippen molar-refractivity contribution in [3.05, 3.63) is 22.4 Å². The highest BCUT2D eigenvalue weighted by atomic mass is 32.1. The molecule has 0 bridgehead atoms. The van der Waals surface area contributed by atoms with Gasteiger partial charge in [-0.15, -0.1) is 11.3 Å². The molecule has 1 fully saturated rings. The van der Waals surface area contributed by atoms with Crippen LogP contribution in [-0.2, 0) is 9.59 Å². The van der Waals surface area contributed by atoms with Gasteiger partial charge in [-0.05, 0) is 23.8 Å². The van der Waals surface area contributed by atoms with Crippen LogP contribution in [0.5, 0.6) is 0 Å². The van der Waals surface area contributed by atoms with Crippen LogP contribution in [0, 0.1) is 11.3 Å². The van der Waals surface area contributed by atoms with E-state index in [9.17, 15) is 19.5 Å². The normalized spacial score (nSPS) is 21.1. The van der Waals surface area contributed by atoms with Crippen LogP contribution in [0.15, 0.2) is 17.5 Å². The molecule has 0 saturated carbocycles. The number of carboxylic acid groups (broad SMARTS) is 1. The Balaban J connectivity index is 1.92. The van der Waals surface area contributed by atoms with Crippen molar-refractivity contribution in [1.29, 1.82) is 0 Å². The van der Waals surface area contributed by atoms with Crippen molar-refractivity contribution < 1.29 is 19.5 Å². The smallest absolute Gasteiger partial charge is 0.311 e. The molecule has 120 valence electrons. The molecule has 2 amide bonds. The molecule has 1 saturated heterocycles. The van der Waals surface area contributed by atoms with Gasteiger partial charge in [0, 0.05) is 13.1 Å². The Morgan fingerprint density at radius 1 is 1.45 bits per heavy atom. The van der Waals surface area contributed by atoms with E-state index in [-0.39, 0.29) is 30.8 Å². The predicted molar refractivity (Wildman–Crippen MR) is 82.8 cm³/mol. The second kappa shape index (κ2) is 6.48. The number of nitrogens with one attached hydrogen (secondary N) is 1. The van der Waals surface area contributed by atoms with Gasteiger partial charge in [-0.25, -0.2) is 0 Å². The molecule has 1 atom stereocenters. The van der Waals surface area contributed by atoms with Crippen LogP contribution in [0.4, 0.5) is 0 Å². The van der Waals surface area contributed by atoms with E-state index in [1.54, 1.807) is 17.5 Å². The molecule has 0 aromatic carbocycles. The number of carbonyl (C=O) groups excluding carboxylic acids is 2. The summed E-state index contributed by atoms with van der Waals surface area (Å²) in [4.78, 5) is 37.6. The monoisotopic (exact) mass is 324 g/mol. The maximum Gasteiger partial charge on any atom is 0.311 e. The minimum atomic E-state index is -0.882. The minimum absolute atomic E-state index is 0.0523. The second-order valence-electron chi connectivity index (χ2n) is 5.84. The standard InChI is InChI=1S/C15H20N2O4S/c1-10(2)15(14(20)21)5-6-17(9-15)12(18)8-16-13(19)11-4-3-7-22-11/h3-4,7,10H,5-6,8-9H2,1-2H3,(H,16,19)(H,20,21). The summed E-state index contributed by atoms with van der Waals surface area (Å²) in [5, 5.41) is 13.8. The highest BCUT2D eigenvalue weighted by molar-refractivity contribution is 7.12. The topological polar surface area (TPSA) is 86.7 Å². The fraction of sp³-hybridized carbons (Fsp3) is 0.533. The first-order valence-electron chi connectivity index (χ1n) is 7.19. The highest BCUT2D eigenvalue weighted by Gasteiger charge is 2.48. The van der Waals surface area contributed by atoms with E-state index in [1.165, 1.54) is 16.2 Å². The van der Waals surface area contributed by atoms with Crippen LogP contribution in [0.3, 0.4) is 0 Å². The zero-order chi connectivity index (χ0) is 16.3. The minimum Gasteiger partial charge on any atom is -0.481 e. The largest absolute Gasteiger partial charge is 0.481 e. The van der Waals surface area contributed by atoms with E-state index in [1.807, 2.05) is 13.8 Å². The SMILES string of the molecule is CC(C)C1(C(=O)O)CCN(C(=O)CNC(=O)c2cccs2)C1. The van der Waals surface area contributed by atoms with E-state index in [2.05, 4.69) is 5.32 Å². The van der Waals surface area contributed by atoms with Crippen molar-refractivity contribution in [2.75, 3.05) is 19.6 Å². The van der Waals surface area contributed by atoms with E-state index < -0.39 is 11.4 Å². The molecule has 22 heavy (non-hydrogen) atoms. The molecule has 2 N–H and O–H groups in total. The molecule has 0 spiro atoms. The van der Waals surface area contributed by atoms with Gasteiger partial charge in [0.1, 0.15) is 0 Å². The summed E-state index contributed by atoms with van der Waals surface area (Å²) in [5.41, 5.74) is -0.882. The molecule has 1 aromatic rings. The molecule has 0 aliphatic carbocycles. The fourth-order valence-corrected chi connectivity index (χ4v) is 3.34. The van der Waals surface area contributed by atoms with Crippen molar-refractivity contribution in [2.45, 2.75) is 20.3 Å². The lowest BCUT2D eigenvalue weighted by Crippen LogP contribution is -2.43. The average molecular weight is 324 g/mol. The fourth-order valence-electron chi connectivity index (χ4n) is 2.70. The third-order valence-corrected chi connectivity index (χ3v) is 5.20. The molecule has 1 aromatic heterocycles. The predicted octanol–water partition coefficient (Wildman–Crippen LogP) is 1.44. The quantitative estimate of drug-likeness (QED) is 0.858. The lowest BCUT2D eigenvalue weighted by molar-refractivity contribution is -0.151. The maximum atomic E-state index is 12.2. The molecule has 2 heterocycles. The molecule has 1 aliphatic rings. The third-order valence-electron chi connectivity index (χ3n) is 4.33. The molecule has 1 unspecified atom stereocenters. The maximum absolute atomic E-state index is 12.2. The number of thiophene rings is 1. The summed E-state index contributed by atoms with van der Waals surface area (Å²) >= 11 is 1.31. The zero-order valence-corrected chi connectivity index (χ0v) is 13.5. The van der Waals surface area contributed by atoms with Gasteiger partial charge in [-0.2, -0.15) is 0 Å². The van der Waals surface area contributed by atoms with Gasteiger partial charge in [-0.3, -0.25) is 14.4 Å². The number of aliphatic carboxylic acids is 1. The number of amides is 2. The molecule has 0 radical (unpaired) electrons. The van der Waals surface area contributed by atoms with E-state index in [4.69, 9.17) is 0 Å². The Bertz CT molecular complexity index is 570. The Morgan fingerprint density at radius 3 is 2.68 bits per heavy atom.